The van der Waals surface area contributed by atoms with Crippen molar-refractivity contribution >= 4 is 11.4 Å². The fourth-order valence-electron chi connectivity index (χ4n) is 1.71. The van der Waals surface area contributed by atoms with Gasteiger partial charge in [0.1, 0.15) is 0 Å². The van der Waals surface area contributed by atoms with E-state index in [1.54, 1.807) is 0 Å². The molecule has 1 atom stereocenters. The van der Waals surface area contributed by atoms with Gasteiger partial charge in [-0.25, -0.2) is 0 Å². The first kappa shape index (κ1) is 12.8. The highest BCUT2D eigenvalue weighted by molar-refractivity contribution is 5.58. The molecule has 0 spiro atoms. The number of nitrogens with zero attached hydrogens (tertiary/aromatic N) is 1. The number of hydrogen-bond acceptors (Lipinski definition) is 3. The first-order chi connectivity index (χ1) is 7.58. The molecule has 3 heteroatoms. The van der Waals surface area contributed by atoms with Crippen molar-refractivity contribution in [3.8, 4) is 0 Å². The molecular weight excluding hydrogens is 200 g/mol. The highest BCUT2D eigenvalue weighted by Gasteiger charge is 2.09. The lowest BCUT2D eigenvalue weighted by Crippen LogP contribution is -2.29. The molecule has 0 saturated carbocycles. The van der Waals surface area contributed by atoms with Gasteiger partial charge in [-0.3, -0.25) is 0 Å². The molecule has 1 rings (SSSR count). The number of benzene rings is 1. The molecule has 3 N–H and O–H groups in total. The van der Waals surface area contributed by atoms with E-state index >= 15 is 0 Å². The Kier molecular flexibility index (Phi) is 4.62. The fourth-order valence-corrected chi connectivity index (χ4v) is 1.71. The number of nitrogen functional groups attached to an aromatic ring is 1. The Balaban J connectivity index is 2.82. The second-order valence-corrected chi connectivity index (χ2v) is 4.37. The molecule has 0 amide bonds. The molecule has 0 saturated heterocycles. The van der Waals surface area contributed by atoms with Crippen molar-refractivity contribution in [1.82, 2.24) is 0 Å². The maximum atomic E-state index is 9.08. The van der Waals surface area contributed by atoms with Gasteiger partial charge in [-0.1, -0.05) is 6.92 Å². The molecule has 16 heavy (non-hydrogen) atoms. The highest BCUT2D eigenvalue weighted by Crippen LogP contribution is 2.21. The molecule has 0 aliphatic rings. The van der Waals surface area contributed by atoms with Crippen LogP contribution < -0.4 is 10.6 Å². The van der Waals surface area contributed by atoms with E-state index < -0.39 is 0 Å². The Bertz CT molecular complexity index is 339. The van der Waals surface area contributed by atoms with Gasteiger partial charge in [0.15, 0.2) is 0 Å². The zero-order chi connectivity index (χ0) is 12.1. The van der Waals surface area contributed by atoms with Crippen LogP contribution in [0.4, 0.5) is 11.4 Å². The van der Waals surface area contributed by atoms with Crippen molar-refractivity contribution in [2.24, 2.45) is 5.92 Å². The van der Waals surface area contributed by atoms with Gasteiger partial charge >= 0.3 is 0 Å². The monoisotopic (exact) mass is 222 g/mol. The zero-order valence-electron chi connectivity index (χ0n) is 10.4. The molecule has 1 aromatic carbocycles. The van der Waals surface area contributed by atoms with E-state index in [4.69, 9.17) is 10.8 Å². The van der Waals surface area contributed by atoms with Crippen LogP contribution in [0, 0.1) is 12.8 Å². The number of anilines is 2. The maximum absolute atomic E-state index is 9.08. The minimum Gasteiger partial charge on any atom is -0.399 e. The minimum atomic E-state index is 0.227. The average molecular weight is 222 g/mol. The van der Waals surface area contributed by atoms with Gasteiger partial charge in [0.25, 0.3) is 0 Å². The summed E-state index contributed by atoms with van der Waals surface area (Å²) in [5.74, 6) is 0.290. The third-order valence-electron chi connectivity index (χ3n) is 2.84. The Morgan fingerprint density at radius 2 is 2.12 bits per heavy atom. The zero-order valence-corrected chi connectivity index (χ0v) is 10.4. The molecule has 0 bridgehead atoms. The topological polar surface area (TPSA) is 49.5 Å². The number of aryl methyl sites for hydroxylation is 1. The van der Waals surface area contributed by atoms with E-state index in [0.717, 1.165) is 24.3 Å². The fraction of sp³-hybridized carbons (Fsp3) is 0.538. The predicted molar refractivity (Wildman–Crippen MR) is 69.7 cm³/mol. The second kappa shape index (κ2) is 5.75. The van der Waals surface area contributed by atoms with Crippen molar-refractivity contribution in [2.75, 3.05) is 30.3 Å². The van der Waals surface area contributed by atoms with Crippen LogP contribution in [0.5, 0.6) is 0 Å². The van der Waals surface area contributed by atoms with Gasteiger partial charge in [0.05, 0.1) is 0 Å². The summed E-state index contributed by atoms with van der Waals surface area (Å²) in [6.45, 7) is 8.22. The Labute approximate surface area is 97.9 Å². The lowest BCUT2D eigenvalue weighted by atomic mass is 10.1. The quantitative estimate of drug-likeness (QED) is 0.749. The molecule has 1 aromatic rings. The van der Waals surface area contributed by atoms with E-state index in [9.17, 15) is 0 Å². The molecule has 3 nitrogen and oxygen atoms in total. The summed E-state index contributed by atoms with van der Waals surface area (Å²) < 4.78 is 0. The van der Waals surface area contributed by atoms with Gasteiger partial charge in [0, 0.05) is 31.1 Å². The van der Waals surface area contributed by atoms with Gasteiger partial charge < -0.3 is 15.7 Å². The summed E-state index contributed by atoms with van der Waals surface area (Å²) in [6, 6.07) is 6.08. The number of aliphatic hydroxyl groups is 1. The van der Waals surface area contributed by atoms with E-state index in [1.807, 2.05) is 26.0 Å². The second-order valence-electron chi connectivity index (χ2n) is 4.37. The lowest BCUT2D eigenvalue weighted by Gasteiger charge is -2.26. The predicted octanol–water partition coefficient (Wildman–Crippen LogP) is 2.03. The summed E-state index contributed by atoms with van der Waals surface area (Å²) in [5.41, 5.74) is 8.91. The number of rotatable bonds is 5. The highest BCUT2D eigenvalue weighted by atomic mass is 16.3. The number of aliphatic hydroxyl groups excluding tert-OH is 1. The lowest BCUT2D eigenvalue weighted by molar-refractivity contribution is 0.239. The standard InChI is InChI=1S/C13H22N2O/c1-4-15(8-10(2)9-16)12-5-6-13(14)11(3)7-12/h5-7,10,16H,4,8-9,14H2,1-3H3. The van der Waals surface area contributed by atoms with E-state index in [0.29, 0.717) is 0 Å². The molecule has 0 aromatic heterocycles. The first-order valence-corrected chi connectivity index (χ1v) is 5.80. The Morgan fingerprint density at radius 1 is 1.44 bits per heavy atom. The largest absolute Gasteiger partial charge is 0.399 e. The third-order valence-corrected chi connectivity index (χ3v) is 2.84. The third kappa shape index (κ3) is 3.14. The SMILES string of the molecule is CCN(CC(C)CO)c1ccc(N)c(C)c1. The van der Waals surface area contributed by atoms with E-state index in [-0.39, 0.29) is 12.5 Å². The van der Waals surface area contributed by atoms with Gasteiger partial charge in [0.2, 0.25) is 0 Å². The Morgan fingerprint density at radius 3 is 2.62 bits per heavy atom. The normalized spacial score (nSPS) is 12.5. The molecule has 0 fully saturated rings. The van der Waals surface area contributed by atoms with Crippen LogP contribution in [0.25, 0.3) is 0 Å². The van der Waals surface area contributed by atoms with Crippen LogP contribution in [-0.4, -0.2) is 24.8 Å². The van der Waals surface area contributed by atoms with Crippen LogP contribution in [0.1, 0.15) is 19.4 Å². The summed E-state index contributed by atoms with van der Waals surface area (Å²) in [6.07, 6.45) is 0. The smallest absolute Gasteiger partial charge is 0.0473 e. The molecule has 0 aliphatic carbocycles. The first-order valence-electron chi connectivity index (χ1n) is 5.80. The number of hydrogen-bond donors (Lipinski definition) is 2. The van der Waals surface area contributed by atoms with Crippen LogP contribution in [-0.2, 0) is 0 Å². The minimum absolute atomic E-state index is 0.227. The van der Waals surface area contributed by atoms with Gasteiger partial charge in [-0.15, -0.1) is 0 Å². The van der Waals surface area contributed by atoms with Crippen LogP contribution in [0.3, 0.4) is 0 Å². The summed E-state index contributed by atoms with van der Waals surface area (Å²) in [4.78, 5) is 2.26. The maximum Gasteiger partial charge on any atom is 0.0473 e. The molecular formula is C13H22N2O. The molecule has 0 radical (unpaired) electrons. The van der Waals surface area contributed by atoms with Crippen molar-refractivity contribution in [1.29, 1.82) is 0 Å². The molecule has 90 valence electrons. The summed E-state index contributed by atoms with van der Waals surface area (Å²) >= 11 is 0. The van der Waals surface area contributed by atoms with Crippen molar-refractivity contribution in [3.05, 3.63) is 23.8 Å². The molecule has 0 heterocycles. The summed E-state index contributed by atoms with van der Waals surface area (Å²) in [7, 11) is 0. The van der Waals surface area contributed by atoms with E-state index in [2.05, 4.69) is 17.9 Å². The van der Waals surface area contributed by atoms with Gasteiger partial charge in [-0.05, 0) is 43.5 Å². The Hall–Kier alpha value is -1.22. The van der Waals surface area contributed by atoms with Crippen LogP contribution >= 0.6 is 0 Å². The van der Waals surface area contributed by atoms with Crippen molar-refractivity contribution < 1.29 is 5.11 Å². The molecule has 1 unspecified atom stereocenters. The molecule has 0 aliphatic heterocycles. The van der Waals surface area contributed by atoms with E-state index in [1.165, 1.54) is 5.69 Å². The summed E-state index contributed by atoms with van der Waals surface area (Å²) in [5, 5.41) is 9.08. The van der Waals surface area contributed by atoms with Crippen LogP contribution in [0.2, 0.25) is 0 Å². The van der Waals surface area contributed by atoms with Crippen molar-refractivity contribution in [2.45, 2.75) is 20.8 Å². The number of nitrogens with two attached hydrogens (primary N) is 1. The van der Waals surface area contributed by atoms with Crippen molar-refractivity contribution in [3.63, 3.8) is 0 Å². The average Bonchev–Trinajstić information content (AvgIpc) is 2.29. The van der Waals surface area contributed by atoms with Crippen LogP contribution in [0.15, 0.2) is 18.2 Å². The van der Waals surface area contributed by atoms with Gasteiger partial charge in [-0.2, -0.15) is 0 Å².